The molecule has 11 heteroatoms. The quantitative estimate of drug-likeness (QED) is 0.237. The number of aliphatic carboxylic acids is 1. The molecule has 0 spiro atoms. The van der Waals surface area contributed by atoms with E-state index in [0.29, 0.717) is 23.0 Å². The predicted octanol–water partition coefficient (Wildman–Crippen LogP) is 2.31. The third-order valence-electron chi connectivity index (χ3n) is 5.64. The van der Waals surface area contributed by atoms with E-state index in [4.69, 9.17) is 9.84 Å². The molecule has 0 radical (unpaired) electrons. The number of amides is 3. The summed E-state index contributed by atoms with van der Waals surface area (Å²) in [6, 6.07) is 12.3. The van der Waals surface area contributed by atoms with E-state index in [0.717, 1.165) is 22.8 Å². The zero-order valence-electron chi connectivity index (χ0n) is 21.2. The van der Waals surface area contributed by atoms with Gasteiger partial charge in [-0.3, -0.25) is 29.9 Å². The Bertz CT molecular complexity index is 1360. The number of nitrogens with zero attached hydrogens (tertiary/aromatic N) is 2. The molecular weight excluding hydrogens is 490 g/mol. The van der Waals surface area contributed by atoms with Gasteiger partial charge in [-0.25, -0.2) is 4.79 Å². The van der Waals surface area contributed by atoms with Crippen molar-refractivity contribution < 1.29 is 29.0 Å². The molecule has 0 aliphatic heterocycles. The molecule has 11 nitrogen and oxygen atoms in total. The van der Waals surface area contributed by atoms with Crippen LogP contribution in [0.3, 0.4) is 0 Å². The van der Waals surface area contributed by atoms with Crippen LogP contribution in [0.25, 0.3) is 11.1 Å². The highest BCUT2D eigenvalue weighted by Gasteiger charge is 2.17. The molecule has 0 aliphatic rings. The van der Waals surface area contributed by atoms with E-state index in [1.54, 1.807) is 42.3 Å². The molecule has 0 fully saturated rings. The van der Waals surface area contributed by atoms with Crippen LogP contribution in [-0.2, 0) is 27.9 Å². The van der Waals surface area contributed by atoms with Gasteiger partial charge in [0.15, 0.2) is 0 Å². The maximum absolute atomic E-state index is 13.2. The number of rotatable bonds is 10. The number of carboxylic acid groups (broad SMARTS) is 1. The number of methoxy groups -OCH3 is 1. The summed E-state index contributed by atoms with van der Waals surface area (Å²) in [5, 5.41) is 15.8. The number of aryl methyl sites for hydroxylation is 2. The third kappa shape index (κ3) is 7.79. The SMILES string of the molecule is COc1cc(-c2cnn(C)c2)cc([C@@H](C)NC(=O)c2ccccc2CCC(=O)NNC(=O)/C=C/C(=O)O)c1. The first-order chi connectivity index (χ1) is 18.2. The molecule has 4 N–H and O–H groups in total. The van der Waals surface area contributed by atoms with Crippen LogP contribution in [0, 0.1) is 0 Å². The number of aromatic nitrogens is 2. The summed E-state index contributed by atoms with van der Waals surface area (Å²) in [7, 11) is 3.42. The zero-order valence-corrected chi connectivity index (χ0v) is 21.2. The van der Waals surface area contributed by atoms with Crippen molar-refractivity contribution in [2.45, 2.75) is 25.8 Å². The molecule has 0 saturated heterocycles. The first-order valence-electron chi connectivity index (χ1n) is 11.7. The number of hydrazine groups is 1. The number of ether oxygens (including phenoxy) is 1. The largest absolute Gasteiger partial charge is 0.497 e. The molecule has 3 amide bonds. The lowest BCUT2D eigenvalue weighted by Gasteiger charge is -2.18. The number of carbonyl (C=O) groups excluding carboxylic acids is 3. The fourth-order valence-electron chi connectivity index (χ4n) is 3.68. The van der Waals surface area contributed by atoms with Crippen molar-refractivity contribution in [3.8, 4) is 16.9 Å². The highest BCUT2D eigenvalue weighted by atomic mass is 16.5. The Labute approximate surface area is 219 Å². The van der Waals surface area contributed by atoms with E-state index >= 15 is 0 Å². The maximum atomic E-state index is 13.2. The average molecular weight is 520 g/mol. The van der Waals surface area contributed by atoms with Crippen LogP contribution in [0.2, 0.25) is 0 Å². The lowest BCUT2D eigenvalue weighted by molar-refractivity contribution is -0.131. The van der Waals surface area contributed by atoms with Crippen molar-refractivity contribution in [1.29, 1.82) is 0 Å². The summed E-state index contributed by atoms with van der Waals surface area (Å²) in [5.74, 6) is -2.20. The van der Waals surface area contributed by atoms with Crippen molar-refractivity contribution in [3.63, 3.8) is 0 Å². The number of hydrogen-bond acceptors (Lipinski definition) is 6. The molecule has 1 atom stereocenters. The molecule has 0 bridgehead atoms. The number of benzene rings is 2. The molecule has 3 aromatic rings. The summed E-state index contributed by atoms with van der Waals surface area (Å²) < 4.78 is 7.17. The van der Waals surface area contributed by atoms with Gasteiger partial charge in [-0.05, 0) is 54.3 Å². The Morgan fingerprint density at radius 1 is 1.08 bits per heavy atom. The fraction of sp³-hybridized carbons (Fsp3) is 0.222. The predicted molar refractivity (Wildman–Crippen MR) is 139 cm³/mol. The van der Waals surface area contributed by atoms with Gasteiger partial charge in [-0.1, -0.05) is 18.2 Å². The van der Waals surface area contributed by atoms with E-state index in [-0.39, 0.29) is 24.8 Å². The van der Waals surface area contributed by atoms with Gasteiger partial charge in [0.05, 0.1) is 19.3 Å². The molecule has 198 valence electrons. The minimum atomic E-state index is -1.28. The fourth-order valence-corrected chi connectivity index (χ4v) is 3.68. The van der Waals surface area contributed by atoms with Gasteiger partial charge in [0.2, 0.25) is 5.91 Å². The normalized spacial score (nSPS) is 11.6. The van der Waals surface area contributed by atoms with Gasteiger partial charge in [-0.15, -0.1) is 0 Å². The van der Waals surface area contributed by atoms with Crippen LogP contribution in [0.4, 0.5) is 0 Å². The van der Waals surface area contributed by atoms with Crippen LogP contribution in [-0.4, -0.2) is 45.7 Å². The number of carbonyl (C=O) groups is 4. The van der Waals surface area contributed by atoms with E-state index in [1.165, 1.54) is 0 Å². The summed E-state index contributed by atoms with van der Waals surface area (Å²) in [4.78, 5) is 47.2. The molecule has 38 heavy (non-hydrogen) atoms. The van der Waals surface area contributed by atoms with Crippen molar-refractivity contribution >= 4 is 23.7 Å². The third-order valence-corrected chi connectivity index (χ3v) is 5.64. The second-order valence-electron chi connectivity index (χ2n) is 8.46. The average Bonchev–Trinajstić information content (AvgIpc) is 3.35. The van der Waals surface area contributed by atoms with Crippen LogP contribution in [0.1, 0.15) is 40.9 Å². The molecule has 0 saturated carbocycles. The molecule has 2 aromatic carbocycles. The standard InChI is InChI=1S/C27H29N5O6/c1-17(19-12-20(14-22(13-19)38-3)21-15-28-32(2)16-21)29-27(37)23-7-5-4-6-18(23)8-9-24(33)30-31-25(34)10-11-26(35)36/h4-7,10-17H,8-9H2,1-3H3,(H,29,37)(H,30,33)(H,31,34)(H,35,36)/b11-10+/t17-/m1/s1. The number of hydrogen-bond donors (Lipinski definition) is 4. The van der Waals surface area contributed by atoms with E-state index in [2.05, 4.69) is 21.3 Å². The van der Waals surface area contributed by atoms with Gasteiger partial charge in [0, 0.05) is 42.9 Å². The van der Waals surface area contributed by atoms with Crippen molar-refractivity contribution in [2.24, 2.45) is 7.05 Å². The first kappa shape index (κ1) is 27.7. The summed E-state index contributed by atoms with van der Waals surface area (Å²) in [5.41, 5.74) is 8.07. The van der Waals surface area contributed by atoms with Gasteiger partial charge < -0.3 is 15.2 Å². The maximum Gasteiger partial charge on any atom is 0.328 e. The highest BCUT2D eigenvalue weighted by molar-refractivity contribution is 5.96. The molecule has 1 heterocycles. The topological polar surface area (TPSA) is 152 Å². The Morgan fingerprint density at radius 2 is 1.84 bits per heavy atom. The van der Waals surface area contributed by atoms with Crippen LogP contribution < -0.4 is 20.9 Å². The van der Waals surface area contributed by atoms with Gasteiger partial charge in [-0.2, -0.15) is 5.10 Å². The second kappa shape index (κ2) is 12.9. The zero-order chi connectivity index (χ0) is 27.7. The Kier molecular flexibility index (Phi) is 9.36. The van der Waals surface area contributed by atoms with E-state index in [9.17, 15) is 19.2 Å². The van der Waals surface area contributed by atoms with Crippen molar-refractivity contribution in [1.82, 2.24) is 25.9 Å². The van der Waals surface area contributed by atoms with E-state index in [1.807, 2.05) is 38.4 Å². The minimum Gasteiger partial charge on any atom is -0.497 e. The van der Waals surface area contributed by atoms with Crippen LogP contribution in [0.5, 0.6) is 5.75 Å². The van der Waals surface area contributed by atoms with Gasteiger partial charge in [0.25, 0.3) is 11.8 Å². The molecule has 0 unspecified atom stereocenters. The molecule has 3 rings (SSSR count). The number of carboxylic acids is 1. The lowest BCUT2D eigenvalue weighted by atomic mass is 9.99. The Hall–Kier alpha value is -4.93. The molecule has 1 aromatic heterocycles. The van der Waals surface area contributed by atoms with Crippen molar-refractivity contribution in [3.05, 3.63) is 83.7 Å². The summed E-state index contributed by atoms with van der Waals surface area (Å²) in [6.07, 6.45) is 5.33. The molecular formula is C27H29N5O6. The monoisotopic (exact) mass is 519 g/mol. The highest BCUT2D eigenvalue weighted by Crippen LogP contribution is 2.29. The van der Waals surface area contributed by atoms with Gasteiger partial charge >= 0.3 is 5.97 Å². The van der Waals surface area contributed by atoms with Gasteiger partial charge in [0.1, 0.15) is 5.75 Å². The molecule has 0 aliphatic carbocycles. The lowest BCUT2D eigenvalue weighted by Crippen LogP contribution is -2.41. The number of nitrogens with one attached hydrogen (secondary N) is 3. The second-order valence-corrected chi connectivity index (χ2v) is 8.46. The minimum absolute atomic E-state index is 0.00682. The van der Waals surface area contributed by atoms with E-state index < -0.39 is 17.8 Å². The van der Waals surface area contributed by atoms with Crippen LogP contribution >= 0.6 is 0 Å². The Morgan fingerprint density at radius 3 is 2.53 bits per heavy atom. The first-order valence-corrected chi connectivity index (χ1v) is 11.7. The van der Waals surface area contributed by atoms with Crippen LogP contribution in [0.15, 0.2) is 67.0 Å². The Balaban J connectivity index is 1.66. The smallest absolute Gasteiger partial charge is 0.328 e. The summed E-state index contributed by atoms with van der Waals surface area (Å²) >= 11 is 0. The summed E-state index contributed by atoms with van der Waals surface area (Å²) in [6.45, 7) is 1.87. The van der Waals surface area contributed by atoms with Crippen molar-refractivity contribution in [2.75, 3.05) is 7.11 Å².